The molecule has 2 aromatic rings. The van der Waals surface area contributed by atoms with E-state index in [1.807, 2.05) is 30.0 Å². The summed E-state index contributed by atoms with van der Waals surface area (Å²) in [6.07, 6.45) is 0.843. The first kappa shape index (κ1) is 14.2. The average molecular weight is 275 g/mol. The van der Waals surface area contributed by atoms with Gasteiger partial charge in [0.25, 0.3) is 0 Å². The molecule has 6 nitrogen and oxygen atoms in total. The Balaban J connectivity index is 2.67. The van der Waals surface area contributed by atoms with Crippen LogP contribution in [0.2, 0.25) is 0 Å². The van der Waals surface area contributed by atoms with Crippen LogP contribution < -0.4 is 4.90 Å². The van der Waals surface area contributed by atoms with E-state index in [-0.39, 0.29) is 12.3 Å². The van der Waals surface area contributed by atoms with E-state index in [2.05, 4.69) is 10.2 Å². The lowest BCUT2D eigenvalue weighted by Gasteiger charge is -2.25. The quantitative estimate of drug-likeness (QED) is 0.831. The zero-order chi connectivity index (χ0) is 14.5. The van der Waals surface area contributed by atoms with Gasteiger partial charge in [-0.2, -0.15) is 0 Å². The van der Waals surface area contributed by atoms with E-state index in [1.165, 1.54) is 0 Å². The molecule has 6 heteroatoms. The Morgan fingerprint density at radius 1 is 1.25 bits per heavy atom. The van der Waals surface area contributed by atoms with Gasteiger partial charge in [-0.1, -0.05) is 25.1 Å². The molecule has 0 aliphatic heterocycles. The Hall–Kier alpha value is -2.21. The molecule has 0 spiro atoms. The van der Waals surface area contributed by atoms with Crippen LogP contribution in [-0.4, -0.2) is 46.1 Å². The fourth-order valence-electron chi connectivity index (χ4n) is 2.23. The number of fused-ring (bicyclic) bond motifs is 1. The number of carboxylic acid groups (broad SMARTS) is 1. The van der Waals surface area contributed by atoms with Crippen LogP contribution in [0, 0.1) is 0 Å². The summed E-state index contributed by atoms with van der Waals surface area (Å²) in [5.74, 6) is -1.11. The number of anilines is 1. The maximum absolute atomic E-state index is 11.4. The zero-order valence-corrected chi connectivity index (χ0v) is 11.3. The van der Waals surface area contributed by atoms with Crippen molar-refractivity contribution in [3.05, 3.63) is 30.0 Å². The van der Waals surface area contributed by atoms with Gasteiger partial charge < -0.3 is 15.1 Å². The molecule has 0 radical (unpaired) electrons. The number of aliphatic hydroxyl groups excluding tert-OH is 1. The van der Waals surface area contributed by atoms with Crippen LogP contribution >= 0.6 is 0 Å². The normalized spacial score (nSPS) is 10.7. The predicted molar refractivity (Wildman–Crippen MR) is 76.1 cm³/mol. The van der Waals surface area contributed by atoms with Crippen molar-refractivity contribution in [2.24, 2.45) is 0 Å². The van der Waals surface area contributed by atoms with Gasteiger partial charge in [-0.3, -0.25) is 0 Å². The molecule has 1 aromatic carbocycles. The van der Waals surface area contributed by atoms with Gasteiger partial charge in [-0.15, -0.1) is 10.2 Å². The summed E-state index contributed by atoms with van der Waals surface area (Å²) in [7, 11) is 0. The van der Waals surface area contributed by atoms with Gasteiger partial charge in [-0.05, 0) is 12.5 Å². The highest BCUT2D eigenvalue weighted by molar-refractivity contribution is 6.02. The van der Waals surface area contributed by atoms with Crippen molar-refractivity contribution in [1.82, 2.24) is 10.2 Å². The fourth-order valence-corrected chi connectivity index (χ4v) is 2.23. The third-order valence-corrected chi connectivity index (χ3v) is 3.02. The highest BCUT2D eigenvalue weighted by Gasteiger charge is 2.21. The zero-order valence-electron chi connectivity index (χ0n) is 11.3. The highest BCUT2D eigenvalue weighted by Crippen LogP contribution is 2.28. The number of aromatic carboxylic acids is 1. The summed E-state index contributed by atoms with van der Waals surface area (Å²) in [6.45, 7) is 2.97. The summed E-state index contributed by atoms with van der Waals surface area (Å²) in [6, 6.07) is 7.28. The minimum absolute atomic E-state index is 0.0459. The first-order chi connectivity index (χ1) is 9.69. The van der Waals surface area contributed by atoms with E-state index in [0.717, 1.165) is 11.8 Å². The summed E-state index contributed by atoms with van der Waals surface area (Å²) < 4.78 is 0. The lowest BCUT2D eigenvalue weighted by molar-refractivity contribution is 0.0690. The molecular formula is C14H17N3O3. The van der Waals surface area contributed by atoms with Gasteiger partial charge in [0.1, 0.15) is 0 Å². The number of aliphatic hydroxyl groups is 1. The van der Waals surface area contributed by atoms with Crippen molar-refractivity contribution in [1.29, 1.82) is 0 Å². The average Bonchev–Trinajstić information content (AvgIpc) is 2.45. The smallest absolute Gasteiger partial charge is 0.358 e. The summed E-state index contributed by atoms with van der Waals surface area (Å²) in [4.78, 5) is 13.2. The van der Waals surface area contributed by atoms with Crippen LogP contribution in [0.15, 0.2) is 24.3 Å². The summed E-state index contributed by atoms with van der Waals surface area (Å²) >= 11 is 0. The monoisotopic (exact) mass is 275 g/mol. The van der Waals surface area contributed by atoms with Gasteiger partial charge in [0.15, 0.2) is 5.69 Å². The number of rotatable bonds is 6. The van der Waals surface area contributed by atoms with Crippen LogP contribution in [0.1, 0.15) is 23.8 Å². The Kier molecular flexibility index (Phi) is 4.47. The molecule has 0 aliphatic rings. The van der Waals surface area contributed by atoms with Gasteiger partial charge >= 0.3 is 5.97 Å². The van der Waals surface area contributed by atoms with Crippen molar-refractivity contribution in [3.8, 4) is 0 Å². The Labute approximate surface area is 116 Å². The third kappa shape index (κ3) is 2.70. The van der Waals surface area contributed by atoms with Crippen LogP contribution in [0.4, 0.5) is 5.69 Å². The van der Waals surface area contributed by atoms with E-state index in [0.29, 0.717) is 24.3 Å². The van der Waals surface area contributed by atoms with E-state index in [1.54, 1.807) is 6.07 Å². The molecule has 1 heterocycles. The minimum atomic E-state index is -1.11. The van der Waals surface area contributed by atoms with Crippen molar-refractivity contribution in [3.63, 3.8) is 0 Å². The Morgan fingerprint density at radius 3 is 2.65 bits per heavy atom. The summed E-state index contributed by atoms with van der Waals surface area (Å²) in [5, 5.41) is 27.0. The first-order valence-electron chi connectivity index (χ1n) is 6.53. The van der Waals surface area contributed by atoms with Crippen molar-refractivity contribution in [2.45, 2.75) is 13.3 Å². The molecule has 106 valence electrons. The van der Waals surface area contributed by atoms with Crippen molar-refractivity contribution < 1.29 is 15.0 Å². The van der Waals surface area contributed by atoms with Crippen molar-refractivity contribution >= 4 is 22.6 Å². The maximum Gasteiger partial charge on any atom is 0.358 e. The molecule has 0 amide bonds. The molecule has 1 aromatic heterocycles. The van der Waals surface area contributed by atoms with E-state index >= 15 is 0 Å². The molecule has 0 bridgehead atoms. The number of aromatic nitrogens is 2. The van der Waals surface area contributed by atoms with Gasteiger partial charge in [0.2, 0.25) is 0 Å². The molecule has 20 heavy (non-hydrogen) atoms. The molecule has 2 rings (SSSR count). The standard InChI is InChI=1S/C14H17N3O3/c1-2-7-17(8-9-18)13-10-5-3-4-6-11(10)15-16-12(13)14(19)20/h3-6,18H,2,7-9H2,1H3,(H,19,20). The van der Waals surface area contributed by atoms with Crippen LogP contribution in [-0.2, 0) is 0 Å². The van der Waals surface area contributed by atoms with E-state index < -0.39 is 5.97 Å². The molecule has 0 saturated carbocycles. The number of nitrogens with zero attached hydrogens (tertiary/aromatic N) is 3. The number of benzene rings is 1. The van der Waals surface area contributed by atoms with Gasteiger partial charge in [-0.25, -0.2) is 4.79 Å². The van der Waals surface area contributed by atoms with Gasteiger partial charge in [0.05, 0.1) is 17.8 Å². The third-order valence-electron chi connectivity index (χ3n) is 3.02. The second kappa shape index (κ2) is 6.29. The first-order valence-corrected chi connectivity index (χ1v) is 6.53. The lowest BCUT2D eigenvalue weighted by atomic mass is 10.1. The van der Waals surface area contributed by atoms with Crippen LogP contribution in [0.5, 0.6) is 0 Å². The maximum atomic E-state index is 11.4. The Morgan fingerprint density at radius 2 is 2.00 bits per heavy atom. The molecule has 2 N–H and O–H groups in total. The van der Waals surface area contributed by atoms with Crippen molar-refractivity contribution in [2.75, 3.05) is 24.6 Å². The summed E-state index contributed by atoms with van der Waals surface area (Å²) in [5.41, 5.74) is 1.09. The number of hydrogen-bond acceptors (Lipinski definition) is 5. The van der Waals surface area contributed by atoms with Crippen LogP contribution in [0.3, 0.4) is 0 Å². The van der Waals surface area contributed by atoms with E-state index in [4.69, 9.17) is 0 Å². The topological polar surface area (TPSA) is 86.5 Å². The number of carboxylic acids is 1. The second-order valence-electron chi connectivity index (χ2n) is 4.43. The molecule has 0 unspecified atom stereocenters. The number of carbonyl (C=O) groups is 1. The number of hydrogen-bond donors (Lipinski definition) is 2. The molecule has 0 aliphatic carbocycles. The second-order valence-corrected chi connectivity index (χ2v) is 4.43. The van der Waals surface area contributed by atoms with Gasteiger partial charge in [0, 0.05) is 18.5 Å². The van der Waals surface area contributed by atoms with E-state index in [9.17, 15) is 15.0 Å². The molecule has 0 atom stereocenters. The highest BCUT2D eigenvalue weighted by atomic mass is 16.4. The predicted octanol–water partition coefficient (Wildman–Crippen LogP) is 1.54. The Bertz CT molecular complexity index is 610. The lowest BCUT2D eigenvalue weighted by Crippen LogP contribution is -2.30. The SMILES string of the molecule is CCCN(CCO)c1c(C(=O)O)nnc2ccccc12. The molecule has 0 saturated heterocycles. The fraction of sp³-hybridized carbons (Fsp3) is 0.357. The molecule has 0 fully saturated rings. The molecular weight excluding hydrogens is 258 g/mol. The van der Waals surface area contributed by atoms with Crippen LogP contribution in [0.25, 0.3) is 10.9 Å². The largest absolute Gasteiger partial charge is 0.476 e. The minimum Gasteiger partial charge on any atom is -0.476 e.